The van der Waals surface area contributed by atoms with Gasteiger partial charge in [-0.25, -0.2) is 0 Å². The summed E-state index contributed by atoms with van der Waals surface area (Å²) in [5, 5.41) is 10.7. The normalized spacial score (nSPS) is 20.5. The van der Waals surface area contributed by atoms with Crippen LogP contribution in [-0.4, -0.2) is 18.5 Å². The Morgan fingerprint density at radius 1 is 1.47 bits per heavy atom. The van der Waals surface area contributed by atoms with Gasteiger partial charge in [-0.2, -0.15) is 0 Å². The topological polar surface area (TPSA) is 46.4 Å². The molecule has 4 nitrogen and oxygen atoms in total. The standard InChI is InChI=1S/C11H12N2O2/c1-12-7-11(4-5-11)9-6-8(13(14)15)2-3-10(9)12/h2-3,6H,4-5,7H2,1H3. The first kappa shape index (κ1) is 8.71. The molecule has 3 rings (SSSR count). The summed E-state index contributed by atoms with van der Waals surface area (Å²) in [6.07, 6.45) is 2.34. The van der Waals surface area contributed by atoms with Crippen LogP contribution in [0.5, 0.6) is 0 Å². The van der Waals surface area contributed by atoms with Crippen molar-refractivity contribution in [2.24, 2.45) is 0 Å². The van der Waals surface area contributed by atoms with E-state index in [-0.39, 0.29) is 16.0 Å². The van der Waals surface area contributed by atoms with Gasteiger partial charge >= 0.3 is 0 Å². The molecule has 1 aliphatic carbocycles. The molecule has 2 aliphatic rings. The first-order valence-electron chi connectivity index (χ1n) is 5.12. The monoisotopic (exact) mass is 204 g/mol. The van der Waals surface area contributed by atoms with E-state index in [0.29, 0.717) is 0 Å². The summed E-state index contributed by atoms with van der Waals surface area (Å²) in [4.78, 5) is 12.6. The van der Waals surface area contributed by atoms with Crippen LogP contribution in [0.4, 0.5) is 11.4 Å². The van der Waals surface area contributed by atoms with E-state index in [1.165, 1.54) is 18.4 Å². The summed E-state index contributed by atoms with van der Waals surface area (Å²) in [5.41, 5.74) is 2.81. The number of benzene rings is 1. The number of hydrogen-bond donors (Lipinski definition) is 0. The Labute approximate surface area is 87.7 Å². The third kappa shape index (κ3) is 1.07. The number of nitro benzene ring substituents is 1. The van der Waals surface area contributed by atoms with Crippen molar-refractivity contribution in [3.05, 3.63) is 33.9 Å². The lowest BCUT2D eigenvalue weighted by Crippen LogP contribution is -2.18. The van der Waals surface area contributed by atoms with E-state index in [2.05, 4.69) is 11.9 Å². The van der Waals surface area contributed by atoms with Gasteiger partial charge < -0.3 is 4.90 Å². The maximum atomic E-state index is 10.7. The molecule has 0 atom stereocenters. The minimum absolute atomic E-state index is 0.218. The zero-order valence-corrected chi connectivity index (χ0v) is 8.56. The highest BCUT2D eigenvalue weighted by atomic mass is 16.6. The molecule has 1 heterocycles. The molecule has 4 heteroatoms. The second kappa shape index (κ2) is 2.51. The average Bonchev–Trinajstić information content (AvgIpc) is 2.91. The molecule has 1 aromatic carbocycles. The first-order valence-corrected chi connectivity index (χ1v) is 5.12. The average molecular weight is 204 g/mol. The summed E-state index contributed by atoms with van der Waals surface area (Å²) in [5.74, 6) is 0. The first-order chi connectivity index (χ1) is 7.12. The summed E-state index contributed by atoms with van der Waals surface area (Å²) in [6, 6.07) is 5.23. The Morgan fingerprint density at radius 3 is 2.80 bits per heavy atom. The number of anilines is 1. The van der Waals surface area contributed by atoms with Crippen LogP contribution >= 0.6 is 0 Å². The predicted molar refractivity (Wildman–Crippen MR) is 57.3 cm³/mol. The second-order valence-electron chi connectivity index (χ2n) is 4.59. The van der Waals surface area contributed by atoms with Gasteiger partial charge in [0.05, 0.1) is 4.92 Å². The van der Waals surface area contributed by atoms with Gasteiger partial charge in [0.15, 0.2) is 0 Å². The van der Waals surface area contributed by atoms with Gasteiger partial charge in [-0.15, -0.1) is 0 Å². The number of nitro groups is 1. The van der Waals surface area contributed by atoms with Crippen LogP contribution in [0, 0.1) is 10.1 Å². The highest BCUT2D eigenvalue weighted by Gasteiger charge is 2.51. The molecule has 1 aliphatic heterocycles. The van der Waals surface area contributed by atoms with Crippen LogP contribution < -0.4 is 4.90 Å². The van der Waals surface area contributed by atoms with E-state index >= 15 is 0 Å². The molecule has 0 bridgehead atoms. The SMILES string of the molecule is CN1CC2(CC2)c2cc([N+](=O)[O-])ccc21. The van der Waals surface area contributed by atoms with Crippen LogP contribution in [0.1, 0.15) is 18.4 Å². The molecule has 78 valence electrons. The van der Waals surface area contributed by atoms with Gasteiger partial charge in [-0.1, -0.05) is 0 Å². The molecule has 0 saturated heterocycles. The van der Waals surface area contributed by atoms with E-state index < -0.39 is 0 Å². The number of non-ortho nitro benzene ring substituents is 1. The Hall–Kier alpha value is -1.58. The molecule has 0 N–H and O–H groups in total. The van der Waals surface area contributed by atoms with Crippen molar-refractivity contribution < 1.29 is 4.92 Å². The van der Waals surface area contributed by atoms with Crippen LogP contribution in [-0.2, 0) is 5.41 Å². The van der Waals surface area contributed by atoms with Crippen molar-refractivity contribution in [1.82, 2.24) is 0 Å². The molecule has 15 heavy (non-hydrogen) atoms. The Morgan fingerprint density at radius 2 is 2.20 bits per heavy atom. The number of likely N-dealkylation sites (N-methyl/N-ethyl adjacent to an activating group) is 1. The van der Waals surface area contributed by atoms with Gasteiger partial charge in [0.2, 0.25) is 0 Å². The van der Waals surface area contributed by atoms with E-state index in [4.69, 9.17) is 0 Å². The molecule has 1 fully saturated rings. The van der Waals surface area contributed by atoms with Crippen molar-refractivity contribution in [3.63, 3.8) is 0 Å². The smallest absolute Gasteiger partial charge is 0.269 e. The Kier molecular flexibility index (Phi) is 1.45. The van der Waals surface area contributed by atoms with Crippen LogP contribution in [0.15, 0.2) is 18.2 Å². The zero-order valence-electron chi connectivity index (χ0n) is 8.56. The lowest BCUT2D eigenvalue weighted by atomic mass is 9.98. The largest absolute Gasteiger partial charge is 0.373 e. The van der Waals surface area contributed by atoms with Crippen molar-refractivity contribution in [2.75, 3.05) is 18.5 Å². The molecule has 0 unspecified atom stereocenters. The number of rotatable bonds is 1. The summed E-state index contributed by atoms with van der Waals surface area (Å²) >= 11 is 0. The van der Waals surface area contributed by atoms with Crippen molar-refractivity contribution in [3.8, 4) is 0 Å². The Bertz CT molecular complexity index is 452. The third-order valence-electron chi connectivity index (χ3n) is 3.57. The second-order valence-corrected chi connectivity index (χ2v) is 4.59. The third-order valence-corrected chi connectivity index (χ3v) is 3.57. The molecule has 0 amide bonds. The fourth-order valence-corrected chi connectivity index (χ4v) is 2.60. The number of fused-ring (bicyclic) bond motifs is 2. The predicted octanol–water partition coefficient (Wildman–Crippen LogP) is 2.08. The lowest BCUT2D eigenvalue weighted by molar-refractivity contribution is -0.384. The fraction of sp³-hybridized carbons (Fsp3) is 0.455. The van der Waals surface area contributed by atoms with Crippen molar-refractivity contribution >= 4 is 11.4 Å². The highest BCUT2D eigenvalue weighted by molar-refractivity contribution is 5.67. The zero-order chi connectivity index (χ0) is 10.6. The minimum atomic E-state index is -0.311. The van der Waals surface area contributed by atoms with Crippen LogP contribution in [0.25, 0.3) is 0 Å². The number of hydrogen-bond acceptors (Lipinski definition) is 3. The van der Waals surface area contributed by atoms with Gasteiger partial charge in [0.1, 0.15) is 0 Å². The molecule has 0 radical (unpaired) electrons. The maximum Gasteiger partial charge on any atom is 0.269 e. The van der Waals surface area contributed by atoms with Crippen molar-refractivity contribution in [1.29, 1.82) is 0 Å². The molecular weight excluding hydrogens is 192 g/mol. The molecular formula is C11H12N2O2. The van der Waals surface area contributed by atoms with Gasteiger partial charge in [-0.05, 0) is 24.5 Å². The van der Waals surface area contributed by atoms with Gasteiger partial charge in [0, 0.05) is 36.8 Å². The Balaban J connectivity index is 2.15. The lowest BCUT2D eigenvalue weighted by Gasteiger charge is -2.11. The van der Waals surface area contributed by atoms with Gasteiger partial charge in [-0.3, -0.25) is 10.1 Å². The quantitative estimate of drug-likeness (QED) is 0.519. The van der Waals surface area contributed by atoms with E-state index in [1.807, 2.05) is 6.07 Å². The molecule has 1 saturated carbocycles. The van der Waals surface area contributed by atoms with E-state index in [1.54, 1.807) is 12.1 Å². The molecule has 0 aromatic heterocycles. The van der Waals surface area contributed by atoms with E-state index in [9.17, 15) is 10.1 Å². The van der Waals surface area contributed by atoms with Crippen LogP contribution in [0.2, 0.25) is 0 Å². The molecule has 1 aromatic rings. The maximum absolute atomic E-state index is 10.7. The van der Waals surface area contributed by atoms with Gasteiger partial charge in [0.25, 0.3) is 5.69 Å². The fourth-order valence-electron chi connectivity index (χ4n) is 2.60. The summed E-state index contributed by atoms with van der Waals surface area (Å²) < 4.78 is 0. The molecule has 1 spiro atoms. The van der Waals surface area contributed by atoms with E-state index in [0.717, 1.165) is 12.2 Å². The minimum Gasteiger partial charge on any atom is -0.373 e. The van der Waals surface area contributed by atoms with Crippen molar-refractivity contribution in [2.45, 2.75) is 18.3 Å². The summed E-state index contributed by atoms with van der Waals surface area (Å²) in [7, 11) is 2.05. The highest BCUT2D eigenvalue weighted by Crippen LogP contribution is 2.56. The number of nitrogens with zero attached hydrogens (tertiary/aromatic N) is 2. The van der Waals surface area contributed by atoms with Crippen LogP contribution in [0.3, 0.4) is 0 Å². The summed E-state index contributed by atoms with van der Waals surface area (Å²) in [6.45, 7) is 1.02.